The smallest absolute Gasteiger partial charge is 0.441 e. The molecule has 3 aromatic rings. The van der Waals surface area contributed by atoms with E-state index in [9.17, 15) is 0 Å². The van der Waals surface area contributed by atoms with Crippen molar-refractivity contribution in [3.63, 3.8) is 0 Å². The Hall–Kier alpha value is -1.50. The molecule has 0 unspecified atom stereocenters. The van der Waals surface area contributed by atoms with Gasteiger partial charge in [-0.3, -0.25) is 0 Å². The van der Waals surface area contributed by atoms with Crippen LogP contribution in [-0.2, 0) is 0 Å². The van der Waals surface area contributed by atoms with Crippen molar-refractivity contribution in [2.75, 3.05) is 6.61 Å². The van der Waals surface area contributed by atoms with Crippen LogP contribution in [0.3, 0.4) is 0 Å². The Morgan fingerprint density at radius 1 is 1.16 bits per heavy atom. The summed E-state index contributed by atoms with van der Waals surface area (Å²) in [6, 6.07) is 12.3. The minimum atomic E-state index is 0. The van der Waals surface area contributed by atoms with Gasteiger partial charge in [0.15, 0.2) is 0 Å². The molecule has 0 aliphatic heterocycles. The molecule has 0 N–H and O–H groups in total. The van der Waals surface area contributed by atoms with E-state index in [2.05, 4.69) is 48.1 Å². The largest absolute Gasteiger partial charge is 1.00 e. The van der Waals surface area contributed by atoms with Crippen molar-refractivity contribution in [2.45, 2.75) is 30.9 Å². The lowest BCUT2D eigenvalue weighted by atomic mass is 10.2. The Bertz CT molecular complexity index is 840. The topological polar surface area (TPSA) is 38.9 Å². The molecule has 0 saturated carbocycles. The lowest BCUT2D eigenvalue weighted by molar-refractivity contribution is -0.576. The van der Waals surface area contributed by atoms with Gasteiger partial charge in [-0.05, 0) is 30.1 Å². The van der Waals surface area contributed by atoms with E-state index in [1.54, 1.807) is 23.1 Å². The van der Waals surface area contributed by atoms with Gasteiger partial charge in [-0.1, -0.05) is 52.6 Å². The number of hydrogen-bond donors (Lipinski definition) is 0. The summed E-state index contributed by atoms with van der Waals surface area (Å²) in [5.74, 6) is 1.21. The van der Waals surface area contributed by atoms with Gasteiger partial charge in [0.05, 0.1) is 23.8 Å². The van der Waals surface area contributed by atoms with Gasteiger partial charge in [0, 0.05) is 10.6 Å². The Kier molecular flexibility index (Phi) is 7.35. The van der Waals surface area contributed by atoms with E-state index in [4.69, 9.17) is 4.74 Å². The summed E-state index contributed by atoms with van der Waals surface area (Å²) in [6.45, 7) is 6.94. The Labute approximate surface area is 162 Å². The fourth-order valence-corrected chi connectivity index (χ4v) is 4.31. The molecule has 0 amide bonds. The van der Waals surface area contributed by atoms with E-state index in [-0.39, 0.29) is 12.4 Å². The maximum absolute atomic E-state index is 5.52. The number of rotatable bonds is 6. The second-order valence-electron chi connectivity index (χ2n) is 5.43. The molecule has 0 fully saturated rings. The van der Waals surface area contributed by atoms with Crippen molar-refractivity contribution in [3.8, 4) is 11.8 Å². The molecule has 0 bridgehead atoms. The van der Waals surface area contributed by atoms with Gasteiger partial charge in [0.1, 0.15) is 11.7 Å². The highest BCUT2D eigenvalue weighted by Crippen LogP contribution is 2.37. The number of aromatic nitrogens is 3. The molecular formula is C18H20ClN3OS2. The monoisotopic (exact) mass is 393 g/mol. The van der Waals surface area contributed by atoms with Gasteiger partial charge in [-0.25, -0.2) is 0 Å². The molecule has 0 radical (unpaired) electrons. The van der Waals surface area contributed by atoms with Crippen LogP contribution in [0.5, 0.6) is 5.88 Å². The van der Waals surface area contributed by atoms with Crippen molar-refractivity contribution in [3.05, 3.63) is 48.8 Å². The first-order valence-electron chi connectivity index (χ1n) is 7.92. The molecule has 0 aliphatic carbocycles. The zero-order valence-corrected chi connectivity index (χ0v) is 16.7. The van der Waals surface area contributed by atoms with Crippen LogP contribution in [0, 0.1) is 0 Å². The molecule has 1 aromatic carbocycles. The number of ether oxygens (including phenoxy) is 1. The van der Waals surface area contributed by atoms with E-state index in [0.29, 0.717) is 23.7 Å². The highest BCUT2D eigenvalue weighted by atomic mass is 35.5. The second-order valence-corrected chi connectivity index (χ2v) is 8.25. The van der Waals surface area contributed by atoms with Crippen LogP contribution in [-0.4, -0.2) is 21.8 Å². The molecule has 25 heavy (non-hydrogen) atoms. The normalized spacial score (nSPS) is 10.7. The van der Waals surface area contributed by atoms with E-state index in [1.807, 2.05) is 34.5 Å². The molecule has 2 aromatic heterocycles. The minimum absolute atomic E-state index is 0. The first kappa shape index (κ1) is 19.8. The number of para-hydroxylation sites is 1. The summed E-state index contributed by atoms with van der Waals surface area (Å²) in [7, 11) is 3.64. The van der Waals surface area contributed by atoms with Gasteiger partial charge < -0.3 is 17.1 Å². The van der Waals surface area contributed by atoms with E-state index in [1.165, 1.54) is 4.90 Å². The van der Waals surface area contributed by atoms with Gasteiger partial charge in [0.25, 0.3) is 5.88 Å². The van der Waals surface area contributed by atoms with Crippen LogP contribution < -0.4 is 21.7 Å². The number of hydrogen-bond acceptors (Lipinski definition) is 5. The Balaban J connectivity index is 0.00000225. The average Bonchev–Trinajstić information content (AvgIpc) is 2.60. The molecule has 0 atom stereocenters. The summed E-state index contributed by atoms with van der Waals surface area (Å²) in [6.07, 6.45) is 3.73. The third-order valence-electron chi connectivity index (χ3n) is 3.24. The number of pyridine rings is 1. The van der Waals surface area contributed by atoms with E-state index < -0.39 is 0 Å². The predicted molar refractivity (Wildman–Crippen MR) is 101 cm³/mol. The van der Waals surface area contributed by atoms with Crippen LogP contribution >= 0.6 is 21.6 Å². The lowest BCUT2D eigenvalue weighted by Crippen LogP contribution is -3.00. The maximum atomic E-state index is 5.52. The minimum Gasteiger partial charge on any atom is -1.00 e. The zero-order chi connectivity index (χ0) is 16.9. The highest BCUT2D eigenvalue weighted by molar-refractivity contribution is 8.77. The lowest BCUT2D eigenvalue weighted by Gasteiger charge is -2.09. The fourth-order valence-electron chi connectivity index (χ4n) is 2.30. The molecular weight excluding hydrogens is 374 g/mol. The van der Waals surface area contributed by atoms with Gasteiger partial charge >= 0.3 is 5.95 Å². The average molecular weight is 394 g/mol. The number of fused-ring (bicyclic) bond motifs is 1. The van der Waals surface area contributed by atoms with Crippen LogP contribution in [0.2, 0.25) is 0 Å². The standard InChI is InChI=1S/C18H20N3OS2.ClH/c1-4-22-16-10-11-19-18(20-16)21-12-6-8-14-7-5-9-15(17(14)21)24-23-13(2)3;/h5-13H,4H2,1-3H3;1H/q+1;/p-1. The molecule has 0 spiro atoms. The number of benzene rings is 1. The van der Waals surface area contributed by atoms with Gasteiger partial charge in [0.2, 0.25) is 0 Å². The summed E-state index contributed by atoms with van der Waals surface area (Å²) < 4.78 is 7.54. The summed E-state index contributed by atoms with van der Waals surface area (Å²) in [5.41, 5.74) is 1.12. The van der Waals surface area contributed by atoms with Crippen molar-refractivity contribution in [2.24, 2.45) is 0 Å². The highest BCUT2D eigenvalue weighted by Gasteiger charge is 2.18. The third-order valence-corrected chi connectivity index (χ3v) is 6.21. The SMILES string of the molecule is CCOc1ccnc(-[n+]2cccc3cccc(SSC(C)C)c32)n1.[Cl-]. The summed E-state index contributed by atoms with van der Waals surface area (Å²) >= 11 is 0. The summed E-state index contributed by atoms with van der Waals surface area (Å²) in [4.78, 5) is 10.2. The molecule has 3 rings (SSSR count). The molecule has 2 heterocycles. The predicted octanol–water partition coefficient (Wildman–Crippen LogP) is 1.46. The summed E-state index contributed by atoms with van der Waals surface area (Å²) in [5, 5.41) is 1.72. The van der Waals surface area contributed by atoms with Gasteiger partial charge in [-0.15, -0.1) is 0 Å². The van der Waals surface area contributed by atoms with Crippen LogP contribution in [0.1, 0.15) is 20.8 Å². The third kappa shape index (κ3) is 4.77. The first-order valence-corrected chi connectivity index (χ1v) is 10.1. The fraction of sp³-hybridized carbons (Fsp3) is 0.278. The quantitative estimate of drug-likeness (QED) is 0.468. The van der Waals surface area contributed by atoms with Crippen molar-refractivity contribution in [1.29, 1.82) is 0 Å². The van der Waals surface area contributed by atoms with E-state index >= 15 is 0 Å². The van der Waals surface area contributed by atoms with Crippen LogP contribution in [0.15, 0.2) is 53.7 Å². The number of halogens is 1. The van der Waals surface area contributed by atoms with Crippen LogP contribution in [0.4, 0.5) is 0 Å². The van der Waals surface area contributed by atoms with Crippen LogP contribution in [0.25, 0.3) is 16.9 Å². The maximum Gasteiger partial charge on any atom is 0.441 e. The molecule has 132 valence electrons. The van der Waals surface area contributed by atoms with Gasteiger partial charge in [-0.2, -0.15) is 4.57 Å². The first-order chi connectivity index (χ1) is 11.7. The molecule has 7 heteroatoms. The van der Waals surface area contributed by atoms with Crippen molar-refractivity contribution in [1.82, 2.24) is 9.97 Å². The molecule has 0 saturated heterocycles. The van der Waals surface area contributed by atoms with E-state index in [0.717, 1.165) is 10.9 Å². The Morgan fingerprint density at radius 3 is 2.72 bits per heavy atom. The number of nitrogens with zero attached hydrogens (tertiary/aromatic N) is 3. The Morgan fingerprint density at radius 2 is 1.96 bits per heavy atom. The van der Waals surface area contributed by atoms with Crippen molar-refractivity contribution >= 4 is 32.5 Å². The second kappa shape index (κ2) is 9.27. The zero-order valence-electron chi connectivity index (χ0n) is 14.3. The molecule has 0 aliphatic rings. The molecule has 4 nitrogen and oxygen atoms in total. The van der Waals surface area contributed by atoms with Crippen molar-refractivity contribution < 1.29 is 21.7 Å².